The van der Waals surface area contributed by atoms with Gasteiger partial charge in [0.25, 0.3) is 0 Å². The van der Waals surface area contributed by atoms with Gasteiger partial charge in [-0.3, -0.25) is 20.3 Å². The quantitative estimate of drug-likeness (QED) is 0.451. The van der Waals surface area contributed by atoms with Gasteiger partial charge < -0.3 is 0 Å². The number of nitrogens with one attached hydrogen (secondary N) is 4. The smallest absolute Gasteiger partial charge is 0.276 e. The van der Waals surface area contributed by atoms with Crippen molar-refractivity contribution in [2.45, 2.75) is 25.8 Å². The molecule has 1 atom stereocenters. The van der Waals surface area contributed by atoms with E-state index in [1.165, 1.54) is 0 Å². The van der Waals surface area contributed by atoms with E-state index in [9.17, 15) is 14.4 Å². The number of hydrazone groups is 1. The fourth-order valence-electron chi connectivity index (χ4n) is 1.81. The predicted molar refractivity (Wildman–Crippen MR) is 79.7 cm³/mol. The predicted octanol–water partition coefficient (Wildman–Crippen LogP) is -0.0621. The molecule has 0 spiro atoms. The maximum Gasteiger partial charge on any atom is 0.335 e. The van der Waals surface area contributed by atoms with Crippen LogP contribution < -0.4 is 21.6 Å². The van der Waals surface area contributed by atoms with Crippen LogP contribution in [0.5, 0.6) is 0 Å². The molecule has 1 aromatic rings. The van der Waals surface area contributed by atoms with Crippen LogP contribution >= 0.6 is 0 Å². The largest absolute Gasteiger partial charge is 0.335 e. The van der Waals surface area contributed by atoms with Crippen molar-refractivity contribution >= 4 is 24.1 Å². The van der Waals surface area contributed by atoms with Crippen LogP contribution in [0.2, 0.25) is 0 Å². The molecule has 1 fully saturated rings. The summed E-state index contributed by atoms with van der Waals surface area (Å²) in [6, 6.07) is 6.45. The van der Waals surface area contributed by atoms with Crippen LogP contribution in [-0.2, 0) is 9.59 Å². The van der Waals surface area contributed by atoms with Crippen molar-refractivity contribution in [1.82, 2.24) is 21.6 Å². The van der Waals surface area contributed by atoms with E-state index in [4.69, 9.17) is 0 Å². The van der Waals surface area contributed by atoms with Crippen LogP contribution in [0.25, 0.3) is 0 Å². The van der Waals surface area contributed by atoms with E-state index in [0.717, 1.165) is 11.1 Å². The van der Waals surface area contributed by atoms with Crippen molar-refractivity contribution < 1.29 is 14.4 Å². The Labute approximate surface area is 127 Å². The first kappa shape index (κ1) is 15.6. The lowest BCUT2D eigenvalue weighted by atomic mass is 10.1. The van der Waals surface area contributed by atoms with E-state index in [2.05, 4.69) is 26.7 Å². The van der Waals surface area contributed by atoms with Crippen molar-refractivity contribution in [2.24, 2.45) is 5.10 Å². The summed E-state index contributed by atoms with van der Waals surface area (Å²) in [5.74, 6) is -0.769. The SMILES string of the molecule is Cc1ccc(/C=N\NC(=O)CCC2NNC(=O)NC2=O)cc1. The van der Waals surface area contributed by atoms with Crippen LogP contribution in [-0.4, -0.2) is 30.1 Å². The highest BCUT2D eigenvalue weighted by Crippen LogP contribution is 2.01. The molecule has 4 N–H and O–H groups in total. The van der Waals surface area contributed by atoms with Crippen LogP contribution in [0.1, 0.15) is 24.0 Å². The Morgan fingerprint density at radius 2 is 2.05 bits per heavy atom. The molecule has 1 aliphatic rings. The third kappa shape index (κ3) is 4.67. The second-order valence-electron chi connectivity index (χ2n) is 4.88. The van der Waals surface area contributed by atoms with Crippen molar-refractivity contribution in [1.29, 1.82) is 0 Å². The lowest BCUT2D eigenvalue weighted by Crippen LogP contribution is -2.62. The third-order valence-electron chi connectivity index (χ3n) is 3.05. The molecule has 0 aromatic heterocycles. The minimum Gasteiger partial charge on any atom is -0.276 e. The fraction of sp³-hybridized carbons (Fsp3) is 0.286. The zero-order valence-electron chi connectivity index (χ0n) is 12.1. The molecule has 1 aromatic carbocycles. The number of carbonyl (C=O) groups excluding carboxylic acids is 3. The van der Waals surface area contributed by atoms with Gasteiger partial charge in [-0.05, 0) is 18.9 Å². The van der Waals surface area contributed by atoms with Gasteiger partial charge in [-0.2, -0.15) is 5.10 Å². The summed E-state index contributed by atoms with van der Waals surface area (Å²) < 4.78 is 0. The fourth-order valence-corrected chi connectivity index (χ4v) is 1.81. The Balaban J connectivity index is 1.73. The number of rotatable bonds is 5. The van der Waals surface area contributed by atoms with Crippen LogP contribution in [0.4, 0.5) is 4.79 Å². The van der Waals surface area contributed by atoms with Crippen molar-refractivity contribution in [2.75, 3.05) is 0 Å². The van der Waals surface area contributed by atoms with E-state index in [0.29, 0.717) is 0 Å². The summed E-state index contributed by atoms with van der Waals surface area (Å²) in [6.45, 7) is 1.99. The summed E-state index contributed by atoms with van der Waals surface area (Å²) in [7, 11) is 0. The number of amides is 4. The number of hydrazine groups is 1. The number of aryl methyl sites for hydroxylation is 1. The molecule has 0 aliphatic carbocycles. The lowest BCUT2D eigenvalue weighted by molar-refractivity contribution is -0.124. The molecule has 8 nitrogen and oxygen atoms in total. The normalized spacial score (nSPS) is 18.0. The summed E-state index contributed by atoms with van der Waals surface area (Å²) >= 11 is 0. The molecule has 4 amide bonds. The Hall–Kier alpha value is -2.74. The van der Waals surface area contributed by atoms with Crippen LogP contribution in [0.15, 0.2) is 29.4 Å². The van der Waals surface area contributed by atoms with Crippen molar-refractivity contribution in [3.05, 3.63) is 35.4 Å². The van der Waals surface area contributed by atoms with Gasteiger partial charge in [-0.15, -0.1) is 0 Å². The van der Waals surface area contributed by atoms with Crippen LogP contribution in [0, 0.1) is 6.92 Å². The average Bonchev–Trinajstić information content (AvgIpc) is 2.48. The Kier molecular flexibility index (Phi) is 5.21. The molecule has 1 unspecified atom stereocenters. The Morgan fingerprint density at radius 1 is 1.32 bits per heavy atom. The highest BCUT2D eigenvalue weighted by Gasteiger charge is 2.25. The minimum absolute atomic E-state index is 0.103. The van der Waals surface area contributed by atoms with E-state index in [-0.39, 0.29) is 18.7 Å². The van der Waals surface area contributed by atoms with Gasteiger partial charge in [0.1, 0.15) is 6.04 Å². The Morgan fingerprint density at radius 3 is 2.73 bits per heavy atom. The molecular formula is C14H17N5O3. The van der Waals surface area contributed by atoms with Gasteiger partial charge in [-0.1, -0.05) is 29.8 Å². The van der Waals surface area contributed by atoms with E-state index in [1.54, 1.807) is 6.21 Å². The highest BCUT2D eigenvalue weighted by atomic mass is 16.2. The number of imide groups is 1. The van der Waals surface area contributed by atoms with E-state index >= 15 is 0 Å². The molecule has 1 aliphatic heterocycles. The molecule has 22 heavy (non-hydrogen) atoms. The summed E-state index contributed by atoms with van der Waals surface area (Å²) in [5.41, 5.74) is 9.22. The molecule has 1 saturated heterocycles. The van der Waals surface area contributed by atoms with Gasteiger partial charge >= 0.3 is 6.03 Å². The monoisotopic (exact) mass is 303 g/mol. The number of hydrogen-bond donors (Lipinski definition) is 4. The van der Waals surface area contributed by atoms with E-state index < -0.39 is 18.0 Å². The molecule has 1 heterocycles. The topological polar surface area (TPSA) is 112 Å². The van der Waals surface area contributed by atoms with Gasteiger partial charge in [0.15, 0.2) is 0 Å². The first-order valence-corrected chi connectivity index (χ1v) is 6.79. The first-order valence-electron chi connectivity index (χ1n) is 6.79. The number of benzene rings is 1. The third-order valence-corrected chi connectivity index (χ3v) is 3.05. The van der Waals surface area contributed by atoms with Crippen molar-refractivity contribution in [3.8, 4) is 0 Å². The number of hydrogen-bond acceptors (Lipinski definition) is 5. The molecule has 0 radical (unpaired) electrons. The van der Waals surface area contributed by atoms with Gasteiger partial charge in [-0.25, -0.2) is 15.6 Å². The van der Waals surface area contributed by atoms with Crippen molar-refractivity contribution in [3.63, 3.8) is 0 Å². The first-order chi connectivity index (χ1) is 10.5. The molecule has 0 bridgehead atoms. The summed E-state index contributed by atoms with van der Waals surface area (Å²) in [4.78, 5) is 33.9. The highest BCUT2D eigenvalue weighted by molar-refractivity contribution is 5.99. The minimum atomic E-state index is -0.635. The summed E-state index contributed by atoms with van der Waals surface area (Å²) in [6.07, 6.45) is 1.90. The van der Waals surface area contributed by atoms with E-state index in [1.807, 2.05) is 31.2 Å². The second-order valence-corrected chi connectivity index (χ2v) is 4.88. The molecule has 116 valence electrons. The van der Waals surface area contributed by atoms with Gasteiger partial charge in [0.2, 0.25) is 11.8 Å². The molecular weight excluding hydrogens is 286 g/mol. The zero-order valence-corrected chi connectivity index (χ0v) is 12.1. The molecule has 0 saturated carbocycles. The average molecular weight is 303 g/mol. The summed E-state index contributed by atoms with van der Waals surface area (Å²) in [5, 5.41) is 5.96. The number of carbonyl (C=O) groups is 3. The second kappa shape index (κ2) is 7.32. The molecule has 2 rings (SSSR count). The lowest BCUT2D eigenvalue weighted by Gasteiger charge is -2.22. The number of nitrogens with zero attached hydrogens (tertiary/aromatic N) is 1. The Bertz CT molecular complexity index is 597. The van der Waals surface area contributed by atoms with Crippen LogP contribution in [0.3, 0.4) is 0 Å². The van der Waals surface area contributed by atoms with Gasteiger partial charge in [0, 0.05) is 6.42 Å². The standard InChI is InChI=1S/C14H17N5O3/c1-9-2-4-10(5-3-9)8-15-18-12(20)7-6-11-13(21)16-14(22)19-17-11/h2-5,8,11,17H,6-7H2,1H3,(H,18,20)(H2,16,19,21,22)/b15-8-. The maximum atomic E-state index is 11.6. The number of urea groups is 1. The van der Waals surface area contributed by atoms with Gasteiger partial charge in [0.05, 0.1) is 6.21 Å². The zero-order chi connectivity index (χ0) is 15.9. The molecule has 8 heteroatoms. The maximum absolute atomic E-state index is 11.6.